The number of aryl methyl sites for hydroxylation is 2. The zero-order chi connectivity index (χ0) is 15.0. The number of benzene rings is 1. The number of aromatic nitrogens is 2. The number of carboxylic acids is 1. The van der Waals surface area contributed by atoms with Crippen molar-refractivity contribution in [2.75, 3.05) is 0 Å². The van der Waals surface area contributed by atoms with Gasteiger partial charge in [0.1, 0.15) is 11.5 Å². The molecule has 6 nitrogen and oxygen atoms in total. The van der Waals surface area contributed by atoms with E-state index in [-0.39, 0.29) is 5.56 Å². The number of carbonyl (C=O) groups is 1. The Hall–Kier alpha value is -2.89. The van der Waals surface area contributed by atoms with Crippen molar-refractivity contribution in [3.63, 3.8) is 0 Å². The van der Waals surface area contributed by atoms with Gasteiger partial charge < -0.3 is 14.0 Å². The molecule has 3 rings (SSSR count). The van der Waals surface area contributed by atoms with Crippen LogP contribution < -0.4 is 0 Å². The fourth-order valence-corrected chi connectivity index (χ4v) is 2.08. The molecule has 1 aromatic carbocycles. The second kappa shape index (κ2) is 4.90. The fourth-order valence-electron chi connectivity index (χ4n) is 2.08. The van der Waals surface area contributed by atoms with E-state index >= 15 is 0 Å². The van der Waals surface area contributed by atoms with Crippen molar-refractivity contribution in [2.45, 2.75) is 13.8 Å². The Morgan fingerprint density at radius 1 is 1.24 bits per heavy atom. The maximum absolute atomic E-state index is 11.0. The first-order chi connectivity index (χ1) is 10.0. The first-order valence-corrected chi connectivity index (χ1v) is 6.29. The van der Waals surface area contributed by atoms with E-state index in [1.807, 2.05) is 19.9 Å². The van der Waals surface area contributed by atoms with Crippen LogP contribution in [0.5, 0.6) is 0 Å². The van der Waals surface area contributed by atoms with Crippen LogP contribution in [0.2, 0.25) is 0 Å². The molecule has 0 atom stereocenters. The van der Waals surface area contributed by atoms with Gasteiger partial charge in [0.15, 0.2) is 0 Å². The van der Waals surface area contributed by atoms with Crippen molar-refractivity contribution >= 4 is 5.97 Å². The number of carboxylic acid groups (broad SMARTS) is 1. The van der Waals surface area contributed by atoms with Crippen molar-refractivity contribution in [2.24, 2.45) is 0 Å². The zero-order valence-electron chi connectivity index (χ0n) is 11.5. The molecule has 0 aliphatic rings. The highest BCUT2D eigenvalue weighted by molar-refractivity contribution is 5.89. The molecule has 21 heavy (non-hydrogen) atoms. The highest BCUT2D eigenvalue weighted by Crippen LogP contribution is 2.27. The third kappa shape index (κ3) is 2.43. The van der Waals surface area contributed by atoms with Gasteiger partial charge in [-0.1, -0.05) is 17.3 Å². The van der Waals surface area contributed by atoms with E-state index in [1.54, 1.807) is 12.1 Å². The van der Waals surface area contributed by atoms with Gasteiger partial charge in [-0.3, -0.25) is 0 Å². The highest BCUT2D eigenvalue weighted by Gasteiger charge is 2.16. The second-order valence-corrected chi connectivity index (χ2v) is 4.64. The van der Waals surface area contributed by atoms with Crippen molar-refractivity contribution < 1.29 is 18.8 Å². The summed E-state index contributed by atoms with van der Waals surface area (Å²) in [4.78, 5) is 15.3. The predicted octanol–water partition coefficient (Wildman–Crippen LogP) is 3.31. The topological polar surface area (TPSA) is 89.4 Å². The molecule has 0 aliphatic carbocycles. The number of rotatable bonds is 3. The van der Waals surface area contributed by atoms with E-state index in [0.29, 0.717) is 23.0 Å². The van der Waals surface area contributed by atoms with Crippen LogP contribution in [0.15, 0.2) is 39.3 Å². The molecule has 3 aromatic rings. The smallest absolute Gasteiger partial charge is 0.335 e. The molecule has 106 valence electrons. The summed E-state index contributed by atoms with van der Waals surface area (Å²) in [5, 5.41) is 12.9. The SMILES string of the molecule is Cc1cc(-c2nc(-c3cccc(C(=O)O)c3)no2)c(C)o1. The summed E-state index contributed by atoms with van der Waals surface area (Å²) in [5.41, 5.74) is 1.50. The van der Waals surface area contributed by atoms with Gasteiger partial charge in [0.25, 0.3) is 5.89 Å². The molecule has 0 saturated heterocycles. The normalized spacial score (nSPS) is 10.8. The van der Waals surface area contributed by atoms with Gasteiger partial charge in [-0.2, -0.15) is 4.98 Å². The average Bonchev–Trinajstić information content (AvgIpc) is 3.05. The van der Waals surface area contributed by atoms with Crippen LogP contribution >= 0.6 is 0 Å². The maximum atomic E-state index is 11.0. The second-order valence-electron chi connectivity index (χ2n) is 4.64. The molecule has 0 amide bonds. The molecule has 1 N–H and O–H groups in total. The van der Waals surface area contributed by atoms with Gasteiger partial charge in [0.2, 0.25) is 5.82 Å². The third-order valence-electron chi connectivity index (χ3n) is 3.07. The molecule has 2 aromatic heterocycles. The van der Waals surface area contributed by atoms with Crippen LogP contribution in [0.3, 0.4) is 0 Å². The molecule has 0 saturated carbocycles. The molecule has 0 aliphatic heterocycles. The minimum absolute atomic E-state index is 0.175. The van der Waals surface area contributed by atoms with Crippen LogP contribution in [-0.2, 0) is 0 Å². The van der Waals surface area contributed by atoms with Gasteiger partial charge in [-0.25, -0.2) is 4.79 Å². The lowest BCUT2D eigenvalue weighted by Crippen LogP contribution is -1.96. The maximum Gasteiger partial charge on any atom is 0.335 e. The molecule has 0 radical (unpaired) electrons. The molecule has 2 heterocycles. The minimum Gasteiger partial charge on any atom is -0.478 e. The Bertz CT molecular complexity index is 817. The van der Waals surface area contributed by atoms with Crippen molar-refractivity contribution in [1.82, 2.24) is 10.1 Å². The number of nitrogens with zero attached hydrogens (tertiary/aromatic N) is 2. The minimum atomic E-state index is -0.998. The Balaban J connectivity index is 2.00. The first-order valence-electron chi connectivity index (χ1n) is 6.29. The summed E-state index contributed by atoms with van der Waals surface area (Å²) in [5.74, 6) is 1.14. The van der Waals surface area contributed by atoms with E-state index < -0.39 is 5.97 Å². The van der Waals surface area contributed by atoms with E-state index in [0.717, 1.165) is 11.3 Å². The van der Waals surface area contributed by atoms with E-state index in [2.05, 4.69) is 10.1 Å². The Morgan fingerprint density at radius 2 is 2.05 bits per heavy atom. The number of hydrogen-bond donors (Lipinski definition) is 1. The molecule has 0 fully saturated rings. The van der Waals surface area contributed by atoms with Gasteiger partial charge in [0, 0.05) is 5.56 Å². The summed E-state index contributed by atoms with van der Waals surface area (Å²) in [7, 11) is 0. The summed E-state index contributed by atoms with van der Waals surface area (Å²) in [6, 6.07) is 8.21. The Kier molecular flexibility index (Phi) is 3.06. The van der Waals surface area contributed by atoms with Crippen LogP contribution in [0.1, 0.15) is 21.9 Å². The predicted molar refractivity (Wildman–Crippen MR) is 73.9 cm³/mol. The fraction of sp³-hybridized carbons (Fsp3) is 0.133. The summed E-state index contributed by atoms with van der Waals surface area (Å²) >= 11 is 0. The zero-order valence-corrected chi connectivity index (χ0v) is 11.5. The van der Waals surface area contributed by atoms with Crippen molar-refractivity contribution in [3.8, 4) is 22.8 Å². The molecule has 0 unspecified atom stereocenters. The largest absolute Gasteiger partial charge is 0.478 e. The van der Waals surface area contributed by atoms with Crippen molar-refractivity contribution in [1.29, 1.82) is 0 Å². The van der Waals surface area contributed by atoms with Gasteiger partial charge in [0.05, 0.1) is 11.1 Å². The number of furan rings is 1. The first kappa shape index (κ1) is 13.1. The lowest BCUT2D eigenvalue weighted by atomic mass is 10.1. The average molecular weight is 284 g/mol. The molecule has 6 heteroatoms. The van der Waals surface area contributed by atoms with E-state index in [4.69, 9.17) is 14.0 Å². The lowest BCUT2D eigenvalue weighted by molar-refractivity contribution is 0.0697. The number of aromatic carboxylic acids is 1. The van der Waals surface area contributed by atoms with Crippen LogP contribution in [0.4, 0.5) is 0 Å². The summed E-state index contributed by atoms with van der Waals surface area (Å²) < 4.78 is 10.7. The molecule has 0 bridgehead atoms. The quantitative estimate of drug-likeness (QED) is 0.793. The molecular weight excluding hydrogens is 272 g/mol. The summed E-state index contributed by atoms with van der Waals surface area (Å²) in [6.45, 7) is 3.65. The molecular formula is C15H12N2O4. The van der Waals surface area contributed by atoms with Gasteiger partial charge >= 0.3 is 5.97 Å². The lowest BCUT2D eigenvalue weighted by Gasteiger charge is -1.96. The monoisotopic (exact) mass is 284 g/mol. The van der Waals surface area contributed by atoms with Crippen LogP contribution in [0.25, 0.3) is 22.8 Å². The van der Waals surface area contributed by atoms with Crippen molar-refractivity contribution in [3.05, 3.63) is 47.4 Å². The van der Waals surface area contributed by atoms with Crippen LogP contribution in [-0.4, -0.2) is 21.2 Å². The van der Waals surface area contributed by atoms with Crippen LogP contribution in [0, 0.1) is 13.8 Å². The highest BCUT2D eigenvalue weighted by atomic mass is 16.5. The third-order valence-corrected chi connectivity index (χ3v) is 3.07. The number of hydrogen-bond acceptors (Lipinski definition) is 5. The van der Waals surface area contributed by atoms with Gasteiger partial charge in [-0.15, -0.1) is 0 Å². The van der Waals surface area contributed by atoms with Gasteiger partial charge in [-0.05, 0) is 32.0 Å². The molecule has 0 spiro atoms. The van der Waals surface area contributed by atoms with E-state index in [1.165, 1.54) is 12.1 Å². The Morgan fingerprint density at radius 3 is 2.71 bits per heavy atom. The Labute approximate surface area is 120 Å². The van der Waals surface area contributed by atoms with E-state index in [9.17, 15) is 4.79 Å². The standard InChI is InChI=1S/C15H12N2O4/c1-8-6-12(9(2)20-8)14-16-13(17-21-14)10-4-3-5-11(7-10)15(18)19/h3-7H,1-2H3,(H,18,19). The summed E-state index contributed by atoms with van der Waals surface area (Å²) in [6.07, 6.45) is 0.